The second-order valence-corrected chi connectivity index (χ2v) is 6.54. The predicted octanol–water partition coefficient (Wildman–Crippen LogP) is 3.01. The molecule has 0 saturated carbocycles. The Bertz CT molecular complexity index is 926. The molecule has 6 heteroatoms. The Morgan fingerprint density at radius 3 is 3.00 bits per heavy atom. The maximum atomic E-state index is 12.2. The zero-order valence-electron chi connectivity index (χ0n) is 14.7. The average Bonchev–Trinajstić information content (AvgIpc) is 3.38. The second-order valence-electron chi connectivity index (χ2n) is 6.54. The van der Waals surface area contributed by atoms with Crippen molar-refractivity contribution < 1.29 is 13.9 Å². The first-order valence-electron chi connectivity index (χ1n) is 8.76. The van der Waals surface area contributed by atoms with Gasteiger partial charge < -0.3 is 14.5 Å². The average molecular weight is 351 g/mol. The number of ether oxygens (including phenoxy) is 1. The summed E-state index contributed by atoms with van der Waals surface area (Å²) < 4.78 is 13.1. The van der Waals surface area contributed by atoms with Crippen molar-refractivity contribution in [1.29, 1.82) is 0 Å². The monoisotopic (exact) mass is 351 g/mol. The van der Waals surface area contributed by atoms with Crippen LogP contribution in [0.1, 0.15) is 39.4 Å². The molecule has 0 radical (unpaired) electrons. The molecule has 0 unspecified atom stereocenters. The molecule has 0 spiro atoms. The van der Waals surface area contributed by atoms with Crippen molar-refractivity contribution in [2.24, 2.45) is 7.05 Å². The van der Waals surface area contributed by atoms with Crippen LogP contribution in [-0.4, -0.2) is 15.7 Å². The van der Waals surface area contributed by atoms with Crippen molar-refractivity contribution in [2.75, 3.05) is 0 Å². The first kappa shape index (κ1) is 16.4. The van der Waals surface area contributed by atoms with E-state index in [1.54, 1.807) is 23.0 Å². The summed E-state index contributed by atoms with van der Waals surface area (Å²) in [6, 6.07) is 9.67. The van der Waals surface area contributed by atoms with E-state index in [1.807, 2.05) is 19.3 Å². The van der Waals surface area contributed by atoms with Crippen LogP contribution < -0.4 is 10.1 Å². The lowest BCUT2D eigenvalue weighted by Crippen LogP contribution is -2.22. The molecule has 1 aromatic carbocycles. The van der Waals surface area contributed by atoms with Crippen LogP contribution in [0.2, 0.25) is 0 Å². The summed E-state index contributed by atoms with van der Waals surface area (Å²) in [6.45, 7) is 0.711. The Morgan fingerprint density at radius 1 is 1.27 bits per heavy atom. The summed E-state index contributed by atoms with van der Waals surface area (Å²) in [5, 5.41) is 6.89. The Kier molecular flexibility index (Phi) is 4.48. The topological polar surface area (TPSA) is 69.3 Å². The molecule has 0 bridgehead atoms. The summed E-state index contributed by atoms with van der Waals surface area (Å²) in [5.41, 5.74) is 3.73. The Balaban J connectivity index is 1.31. The van der Waals surface area contributed by atoms with E-state index in [2.05, 4.69) is 22.5 Å². The van der Waals surface area contributed by atoms with Crippen LogP contribution in [0.4, 0.5) is 0 Å². The molecule has 0 aliphatic heterocycles. The molecule has 3 aromatic rings. The van der Waals surface area contributed by atoms with E-state index in [0.29, 0.717) is 18.9 Å². The van der Waals surface area contributed by atoms with Crippen molar-refractivity contribution in [1.82, 2.24) is 15.1 Å². The number of furan rings is 1. The third-order valence-corrected chi connectivity index (χ3v) is 4.55. The van der Waals surface area contributed by atoms with Crippen molar-refractivity contribution in [3.8, 4) is 5.75 Å². The molecule has 1 aliphatic rings. The lowest BCUT2D eigenvalue weighted by Gasteiger charge is -2.06. The number of fused-ring (bicyclic) bond motifs is 1. The summed E-state index contributed by atoms with van der Waals surface area (Å²) in [5.74, 6) is 1.49. The highest BCUT2D eigenvalue weighted by Gasteiger charge is 2.13. The van der Waals surface area contributed by atoms with Gasteiger partial charge in [-0.25, -0.2) is 0 Å². The number of carbonyl (C=O) groups is 1. The molecule has 6 nitrogen and oxygen atoms in total. The van der Waals surface area contributed by atoms with Gasteiger partial charge >= 0.3 is 0 Å². The van der Waals surface area contributed by atoms with Crippen LogP contribution in [0, 0.1) is 0 Å². The summed E-state index contributed by atoms with van der Waals surface area (Å²) in [4.78, 5) is 12.2. The Hall–Kier alpha value is -3.02. The maximum absolute atomic E-state index is 12.2. The van der Waals surface area contributed by atoms with E-state index in [9.17, 15) is 4.79 Å². The quantitative estimate of drug-likeness (QED) is 0.741. The number of hydrogen-bond donors (Lipinski definition) is 1. The van der Waals surface area contributed by atoms with Crippen LogP contribution in [0.25, 0.3) is 0 Å². The third kappa shape index (κ3) is 3.64. The first-order valence-corrected chi connectivity index (χ1v) is 8.76. The van der Waals surface area contributed by atoms with Gasteiger partial charge in [0.2, 0.25) is 0 Å². The number of rotatable bonds is 6. The zero-order valence-corrected chi connectivity index (χ0v) is 14.7. The van der Waals surface area contributed by atoms with Gasteiger partial charge in [-0.2, -0.15) is 5.10 Å². The SMILES string of the molecule is Cn1cc(CNC(=O)c2ccc(COc3ccc4c(c3)CCC4)o2)cn1. The molecule has 26 heavy (non-hydrogen) atoms. The zero-order chi connectivity index (χ0) is 17.9. The van der Waals surface area contributed by atoms with Crippen LogP contribution in [0.5, 0.6) is 5.75 Å². The van der Waals surface area contributed by atoms with Gasteiger partial charge in [0.1, 0.15) is 18.1 Å². The molecule has 0 saturated heterocycles. The van der Waals surface area contributed by atoms with Crippen molar-refractivity contribution in [3.05, 3.63) is 70.9 Å². The number of carbonyl (C=O) groups excluding carboxylic acids is 1. The fourth-order valence-electron chi connectivity index (χ4n) is 3.20. The van der Waals surface area contributed by atoms with Crippen LogP contribution in [0.3, 0.4) is 0 Å². The molecule has 1 N–H and O–H groups in total. The molecular formula is C20H21N3O3. The standard InChI is InChI=1S/C20H21N3O3/c1-23-12-14(11-22-23)10-21-20(24)19-8-7-18(26-19)13-25-17-6-5-15-3-2-4-16(15)9-17/h5-9,11-12H,2-4,10,13H2,1H3,(H,21,24). The van der Waals surface area contributed by atoms with Crippen molar-refractivity contribution in [2.45, 2.75) is 32.4 Å². The number of hydrogen-bond acceptors (Lipinski definition) is 4. The lowest BCUT2D eigenvalue weighted by molar-refractivity contribution is 0.0919. The minimum absolute atomic E-state index is 0.252. The van der Waals surface area contributed by atoms with E-state index < -0.39 is 0 Å². The molecule has 2 aromatic heterocycles. The van der Waals surface area contributed by atoms with E-state index in [0.717, 1.165) is 24.2 Å². The normalized spacial score (nSPS) is 12.8. The Labute approximate surface area is 151 Å². The third-order valence-electron chi connectivity index (χ3n) is 4.55. The van der Waals surface area contributed by atoms with Gasteiger partial charge in [-0.3, -0.25) is 9.48 Å². The van der Waals surface area contributed by atoms with E-state index in [1.165, 1.54) is 17.5 Å². The summed E-state index contributed by atoms with van der Waals surface area (Å²) in [7, 11) is 1.84. The molecule has 2 heterocycles. The fraction of sp³-hybridized carbons (Fsp3) is 0.300. The molecule has 0 atom stereocenters. The van der Waals surface area contributed by atoms with Gasteiger partial charge in [0.05, 0.1) is 6.20 Å². The van der Waals surface area contributed by atoms with E-state index in [4.69, 9.17) is 9.15 Å². The second kappa shape index (κ2) is 7.07. The number of nitrogens with one attached hydrogen (secondary N) is 1. The molecule has 134 valence electrons. The number of benzene rings is 1. The highest BCUT2D eigenvalue weighted by molar-refractivity contribution is 5.91. The predicted molar refractivity (Wildman–Crippen MR) is 95.9 cm³/mol. The number of nitrogens with zero attached hydrogens (tertiary/aromatic N) is 2. The number of aryl methyl sites for hydroxylation is 3. The van der Waals surface area contributed by atoms with Gasteiger partial charge in [0.15, 0.2) is 5.76 Å². The van der Waals surface area contributed by atoms with Gasteiger partial charge in [0, 0.05) is 25.4 Å². The number of aromatic nitrogens is 2. The van der Waals surface area contributed by atoms with Crippen LogP contribution in [-0.2, 0) is 33.0 Å². The van der Waals surface area contributed by atoms with Gasteiger partial charge in [-0.1, -0.05) is 6.07 Å². The number of amides is 1. The lowest BCUT2D eigenvalue weighted by atomic mass is 10.1. The molecule has 4 rings (SSSR count). The maximum Gasteiger partial charge on any atom is 0.287 e. The Morgan fingerprint density at radius 2 is 2.15 bits per heavy atom. The molecule has 1 aliphatic carbocycles. The van der Waals surface area contributed by atoms with Crippen molar-refractivity contribution in [3.63, 3.8) is 0 Å². The van der Waals surface area contributed by atoms with E-state index >= 15 is 0 Å². The fourth-order valence-corrected chi connectivity index (χ4v) is 3.20. The molecule has 1 amide bonds. The largest absolute Gasteiger partial charge is 0.486 e. The summed E-state index contributed by atoms with van der Waals surface area (Å²) in [6.07, 6.45) is 7.07. The molecule has 0 fully saturated rings. The summed E-state index contributed by atoms with van der Waals surface area (Å²) >= 11 is 0. The first-order chi connectivity index (χ1) is 12.7. The smallest absolute Gasteiger partial charge is 0.287 e. The minimum atomic E-state index is -0.252. The van der Waals surface area contributed by atoms with Crippen LogP contribution in [0.15, 0.2) is 47.1 Å². The van der Waals surface area contributed by atoms with Gasteiger partial charge in [0.25, 0.3) is 5.91 Å². The molecular weight excluding hydrogens is 330 g/mol. The van der Waals surface area contributed by atoms with E-state index in [-0.39, 0.29) is 11.7 Å². The van der Waals surface area contributed by atoms with Crippen molar-refractivity contribution >= 4 is 5.91 Å². The van der Waals surface area contributed by atoms with Crippen LogP contribution >= 0.6 is 0 Å². The van der Waals surface area contributed by atoms with Gasteiger partial charge in [-0.05, 0) is 54.7 Å². The van der Waals surface area contributed by atoms with Gasteiger partial charge in [-0.15, -0.1) is 0 Å². The highest BCUT2D eigenvalue weighted by Crippen LogP contribution is 2.26. The highest BCUT2D eigenvalue weighted by atomic mass is 16.5. The minimum Gasteiger partial charge on any atom is -0.486 e.